The van der Waals surface area contributed by atoms with E-state index in [1.165, 1.54) is 0 Å². The molecule has 0 bridgehead atoms. The molecule has 2 nitrogen and oxygen atoms in total. The number of nitrogens with two attached hydrogens (primary N) is 1. The molecule has 17 heavy (non-hydrogen) atoms. The summed E-state index contributed by atoms with van der Waals surface area (Å²) in [6, 6.07) is 0. The fourth-order valence-corrected chi connectivity index (χ4v) is 1.88. The number of hydrogen-bond donors (Lipinski definition) is 1. The minimum absolute atomic E-state index is 0.0103. The van der Waals surface area contributed by atoms with Gasteiger partial charge in [-0.25, -0.2) is 0 Å². The van der Waals surface area contributed by atoms with E-state index in [0.29, 0.717) is 24.9 Å². The summed E-state index contributed by atoms with van der Waals surface area (Å²) in [4.78, 5) is 1.88. The fourth-order valence-electron chi connectivity index (χ4n) is 1.88. The molecule has 1 unspecified atom stereocenters. The molecule has 1 atom stereocenters. The molecule has 0 amide bonds. The molecule has 0 aliphatic heterocycles. The second-order valence-electron chi connectivity index (χ2n) is 5.48. The molecule has 0 radical (unpaired) electrons. The fraction of sp³-hybridized carbons (Fsp3) is 1.00. The lowest BCUT2D eigenvalue weighted by Crippen LogP contribution is -2.43. The van der Waals surface area contributed by atoms with E-state index in [0.717, 1.165) is 0 Å². The van der Waals surface area contributed by atoms with Crippen LogP contribution in [0.1, 0.15) is 27.7 Å². The topological polar surface area (TPSA) is 29.3 Å². The molecule has 0 aromatic rings. The molecule has 0 heterocycles. The summed E-state index contributed by atoms with van der Waals surface area (Å²) < 4.78 is 37.9. The Morgan fingerprint density at radius 1 is 0.941 bits per heavy atom. The van der Waals surface area contributed by atoms with Crippen molar-refractivity contribution in [2.75, 3.05) is 26.2 Å². The van der Waals surface area contributed by atoms with Crippen molar-refractivity contribution in [3.8, 4) is 0 Å². The van der Waals surface area contributed by atoms with Crippen molar-refractivity contribution in [2.24, 2.45) is 23.5 Å². The van der Waals surface area contributed by atoms with E-state index in [4.69, 9.17) is 5.73 Å². The molecule has 104 valence electrons. The summed E-state index contributed by atoms with van der Waals surface area (Å²) in [6.45, 7) is 9.09. The van der Waals surface area contributed by atoms with Crippen LogP contribution in [0.2, 0.25) is 0 Å². The average molecular weight is 254 g/mol. The third-order valence-corrected chi connectivity index (χ3v) is 2.47. The minimum atomic E-state index is -4.19. The van der Waals surface area contributed by atoms with Crippen molar-refractivity contribution in [1.29, 1.82) is 0 Å². The molecule has 0 aliphatic carbocycles. The third kappa shape index (κ3) is 7.60. The molecule has 0 aromatic carbocycles. The third-order valence-electron chi connectivity index (χ3n) is 2.47. The summed E-state index contributed by atoms with van der Waals surface area (Å²) in [5, 5.41) is 0. The first-order chi connectivity index (χ1) is 7.66. The van der Waals surface area contributed by atoms with Gasteiger partial charge < -0.3 is 10.6 Å². The van der Waals surface area contributed by atoms with Crippen molar-refractivity contribution in [1.82, 2.24) is 4.90 Å². The Morgan fingerprint density at radius 2 is 1.35 bits per heavy atom. The Bertz CT molecular complexity index is 192. The van der Waals surface area contributed by atoms with E-state index < -0.39 is 12.1 Å². The van der Waals surface area contributed by atoms with Gasteiger partial charge in [-0.3, -0.25) is 0 Å². The summed E-state index contributed by atoms with van der Waals surface area (Å²) in [5.74, 6) is -0.694. The first-order valence-corrected chi connectivity index (χ1v) is 6.15. The van der Waals surface area contributed by atoms with E-state index in [2.05, 4.69) is 0 Å². The van der Waals surface area contributed by atoms with Crippen molar-refractivity contribution in [2.45, 2.75) is 33.9 Å². The van der Waals surface area contributed by atoms with Crippen molar-refractivity contribution in [3.63, 3.8) is 0 Å². The van der Waals surface area contributed by atoms with Crippen LogP contribution >= 0.6 is 0 Å². The Kier molecular flexibility index (Phi) is 7.09. The van der Waals surface area contributed by atoms with Gasteiger partial charge in [0, 0.05) is 26.2 Å². The second-order valence-corrected chi connectivity index (χ2v) is 5.48. The van der Waals surface area contributed by atoms with Gasteiger partial charge >= 0.3 is 6.18 Å². The number of rotatable bonds is 7. The highest BCUT2D eigenvalue weighted by Crippen LogP contribution is 2.26. The molecule has 0 fully saturated rings. The molecule has 5 heteroatoms. The monoisotopic (exact) mass is 254 g/mol. The van der Waals surface area contributed by atoms with Crippen molar-refractivity contribution in [3.05, 3.63) is 0 Å². The van der Waals surface area contributed by atoms with Gasteiger partial charge in [-0.05, 0) is 11.8 Å². The predicted molar refractivity (Wildman–Crippen MR) is 64.7 cm³/mol. The maximum atomic E-state index is 12.6. The van der Waals surface area contributed by atoms with Crippen molar-refractivity contribution >= 4 is 0 Å². The van der Waals surface area contributed by atoms with E-state index in [-0.39, 0.29) is 13.1 Å². The standard InChI is InChI=1S/C12H25F3N2/c1-9(2)6-17(7-10(3)4)8-11(5-16)12(13,14)15/h9-11H,5-8,16H2,1-4H3. The number of nitrogens with zero attached hydrogens (tertiary/aromatic N) is 1. The Hall–Kier alpha value is -0.290. The smallest absolute Gasteiger partial charge is 0.330 e. The zero-order valence-electron chi connectivity index (χ0n) is 11.2. The van der Waals surface area contributed by atoms with Crippen LogP contribution in [-0.4, -0.2) is 37.3 Å². The summed E-state index contributed by atoms with van der Waals surface area (Å²) in [6.07, 6.45) is -4.19. The predicted octanol–water partition coefficient (Wildman–Crippen LogP) is 2.74. The van der Waals surface area contributed by atoms with Gasteiger partial charge in [0.2, 0.25) is 0 Å². The minimum Gasteiger partial charge on any atom is -0.330 e. The SMILES string of the molecule is CC(C)CN(CC(C)C)CC(CN)C(F)(F)F. The Balaban J connectivity index is 4.48. The van der Waals surface area contributed by atoms with Crippen LogP contribution < -0.4 is 5.73 Å². The van der Waals surface area contributed by atoms with E-state index in [1.54, 1.807) is 0 Å². The summed E-state index contributed by atoms with van der Waals surface area (Å²) in [7, 11) is 0. The van der Waals surface area contributed by atoms with Gasteiger partial charge in [-0.1, -0.05) is 27.7 Å². The largest absolute Gasteiger partial charge is 0.394 e. The van der Waals surface area contributed by atoms with Gasteiger partial charge in [-0.15, -0.1) is 0 Å². The van der Waals surface area contributed by atoms with Crippen LogP contribution in [0.4, 0.5) is 13.2 Å². The molecule has 0 spiro atoms. The highest BCUT2D eigenvalue weighted by molar-refractivity contribution is 4.74. The number of alkyl halides is 3. The first-order valence-electron chi connectivity index (χ1n) is 6.15. The van der Waals surface area contributed by atoms with Crippen molar-refractivity contribution < 1.29 is 13.2 Å². The normalized spacial score (nSPS) is 15.0. The van der Waals surface area contributed by atoms with Gasteiger partial charge in [0.05, 0.1) is 5.92 Å². The van der Waals surface area contributed by atoms with Gasteiger partial charge in [0.1, 0.15) is 0 Å². The lowest BCUT2D eigenvalue weighted by Gasteiger charge is -2.30. The van der Waals surface area contributed by atoms with E-state index in [1.807, 2.05) is 32.6 Å². The quantitative estimate of drug-likeness (QED) is 0.757. The first kappa shape index (κ1) is 16.7. The summed E-state index contributed by atoms with van der Waals surface area (Å²) >= 11 is 0. The lowest BCUT2D eigenvalue weighted by atomic mass is 10.1. The van der Waals surface area contributed by atoms with Crippen LogP contribution in [0.5, 0.6) is 0 Å². The molecule has 0 rings (SSSR count). The molecule has 0 saturated carbocycles. The maximum Gasteiger partial charge on any atom is 0.394 e. The number of halogens is 3. The van der Waals surface area contributed by atoms with Crippen LogP contribution in [-0.2, 0) is 0 Å². The number of hydrogen-bond acceptors (Lipinski definition) is 2. The van der Waals surface area contributed by atoms with E-state index in [9.17, 15) is 13.2 Å². The Labute approximate surface area is 102 Å². The van der Waals surface area contributed by atoms with Gasteiger partial charge in [0.15, 0.2) is 0 Å². The average Bonchev–Trinajstić information content (AvgIpc) is 2.09. The molecule has 0 aromatic heterocycles. The zero-order valence-corrected chi connectivity index (χ0v) is 11.2. The van der Waals surface area contributed by atoms with Crippen LogP contribution in [0.25, 0.3) is 0 Å². The lowest BCUT2D eigenvalue weighted by molar-refractivity contribution is -0.176. The van der Waals surface area contributed by atoms with Gasteiger partial charge in [0.25, 0.3) is 0 Å². The van der Waals surface area contributed by atoms with Gasteiger partial charge in [-0.2, -0.15) is 13.2 Å². The summed E-state index contributed by atoms with van der Waals surface area (Å²) in [5.41, 5.74) is 5.22. The van der Waals surface area contributed by atoms with Crippen LogP contribution in [0, 0.1) is 17.8 Å². The molecule has 0 aliphatic rings. The Morgan fingerprint density at radius 3 is 1.59 bits per heavy atom. The molecule has 0 saturated heterocycles. The van der Waals surface area contributed by atoms with Crippen LogP contribution in [0.15, 0.2) is 0 Å². The van der Waals surface area contributed by atoms with E-state index >= 15 is 0 Å². The highest BCUT2D eigenvalue weighted by Gasteiger charge is 2.39. The van der Waals surface area contributed by atoms with Crippen LogP contribution in [0.3, 0.4) is 0 Å². The maximum absolute atomic E-state index is 12.6. The highest BCUT2D eigenvalue weighted by atomic mass is 19.4. The molecular formula is C12H25F3N2. The molecular weight excluding hydrogens is 229 g/mol. The molecule has 2 N–H and O–H groups in total. The zero-order chi connectivity index (χ0) is 13.6. The second kappa shape index (κ2) is 7.21.